The van der Waals surface area contributed by atoms with Crippen molar-refractivity contribution >= 4 is 39.8 Å². The first-order valence-electron chi connectivity index (χ1n) is 6.30. The lowest BCUT2D eigenvalue weighted by atomic mass is 10.1. The van der Waals surface area contributed by atoms with Gasteiger partial charge in [0, 0.05) is 27.8 Å². The Morgan fingerprint density at radius 2 is 2.15 bits per heavy atom. The van der Waals surface area contributed by atoms with Crippen molar-refractivity contribution < 1.29 is 9.90 Å². The van der Waals surface area contributed by atoms with Crippen molar-refractivity contribution in [2.45, 2.75) is 26.3 Å². The van der Waals surface area contributed by atoms with E-state index in [0.29, 0.717) is 5.56 Å². The Labute approximate surface area is 136 Å². The van der Waals surface area contributed by atoms with Crippen LogP contribution in [-0.2, 0) is 6.42 Å². The monoisotopic (exact) mass is 401 g/mol. The van der Waals surface area contributed by atoms with Gasteiger partial charge in [0.25, 0.3) is 5.91 Å². The van der Waals surface area contributed by atoms with Crippen LogP contribution >= 0.6 is 33.9 Å². The van der Waals surface area contributed by atoms with Gasteiger partial charge in [-0.05, 0) is 66.8 Å². The van der Waals surface area contributed by atoms with Gasteiger partial charge < -0.3 is 10.4 Å². The van der Waals surface area contributed by atoms with Crippen LogP contribution in [0.4, 0.5) is 0 Å². The van der Waals surface area contributed by atoms with Crippen molar-refractivity contribution in [2.24, 2.45) is 0 Å². The molecule has 0 saturated carbocycles. The van der Waals surface area contributed by atoms with E-state index in [4.69, 9.17) is 0 Å². The van der Waals surface area contributed by atoms with Gasteiger partial charge in [-0.3, -0.25) is 4.79 Å². The Morgan fingerprint density at radius 3 is 2.75 bits per heavy atom. The number of hydrogen-bond acceptors (Lipinski definition) is 3. The van der Waals surface area contributed by atoms with Crippen molar-refractivity contribution in [2.75, 3.05) is 0 Å². The van der Waals surface area contributed by atoms with E-state index in [0.717, 1.165) is 9.99 Å². The number of phenols is 1. The first-order valence-corrected chi connectivity index (χ1v) is 8.20. The normalized spacial score (nSPS) is 12.2. The molecule has 2 N–H and O–H groups in total. The van der Waals surface area contributed by atoms with E-state index >= 15 is 0 Å². The molecule has 1 heterocycles. The molecule has 20 heavy (non-hydrogen) atoms. The molecule has 2 rings (SSSR count). The molecule has 2 aromatic rings. The number of benzene rings is 1. The van der Waals surface area contributed by atoms with Gasteiger partial charge in [0.1, 0.15) is 5.75 Å². The number of nitrogens with one attached hydrogen (secondary N) is 1. The third-order valence-corrected chi connectivity index (χ3v) is 4.82. The quantitative estimate of drug-likeness (QED) is 0.768. The van der Waals surface area contributed by atoms with Crippen molar-refractivity contribution in [3.8, 4) is 5.75 Å². The SMILES string of the molecule is Cc1ccc(CC(C)NC(=O)c2ccc(I)c(O)c2)s1. The van der Waals surface area contributed by atoms with Gasteiger partial charge >= 0.3 is 0 Å². The van der Waals surface area contributed by atoms with E-state index < -0.39 is 0 Å². The Morgan fingerprint density at radius 1 is 1.40 bits per heavy atom. The molecular formula is C15H16INO2S. The summed E-state index contributed by atoms with van der Waals surface area (Å²) in [6.07, 6.45) is 0.820. The molecule has 0 bridgehead atoms. The van der Waals surface area contributed by atoms with Gasteiger partial charge in [-0.1, -0.05) is 0 Å². The fourth-order valence-corrected chi connectivity index (χ4v) is 3.26. The Balaban J connectivity index is 1.98. The van der Waals surface area contributed by atoms with Gasteiger partial charge in [-0.2, -0.15) is 0 Å². The molecule has 0 aliphatic carbocycles. The summed E-state index contributed by atoms with van der Waals surface area (Å²) in [5.41, 5.74) is 0.483. The second-order valence-electron chi connectivity index (χ2n) is 4.76. The first kappa shape index (κ1) is 15.3. The molecule has 1 aromatic carbocycles. The predicted molar refractivity (Wildman–Crippen MR) is 90.5 cm³/mol. The minimum Gasteiger partial charge on any atom is -0.507 e. The van der Waals surface area contributed by atoms with E-state index in [1.54, 1.807) is 23.5 Å². The second-order valence-corrected chi connectivity index (χ2v) is 7.29. The molecule has 0 fully saturated rings. The van der Waals surface area contributed by atoms with Crippen molar-refractivity contribution in [3.63, 3.8) is 0 Å². The molecule has 0 aliphatic rings. The lowest BCUT2D eigenvalue weighted by molar-refractivity contribution is 0.0940. The zero-order valence-corrected chi connectivity index (χ0v) is 14.3. The molecule has 0 radical (unpaired) electrons. The maximum atomic E-state index is 12.1. The van der Waals surface area contributed by atoms with E-state index in [9.17, 15) is 9.90 Å². The highest BCUT2D eigenvalue weighted by Gasteiger charge is 2.12. The summed E-state index contributed by atoms with van der Waals surface area (Å²) >= 11 is 3.78. The van der Waals surface area contributed by atoms with Crippen LogP contribution in [0.3, 0.4) is 0 Å². The lowest BCUT2D eigenvalue weighted by Crippen LogP contribution is -2.33. The van der Waals surface area contributed by atoms with E-state index in [1.165, 1.54) is 15.8 Å². The Kier molecular flexibility index (Phi) is 5.04. The molecule has 0 spiro atoms. The number of phenolic OH excluding ortho intramolecular Hbond substituents is 1. The molecule has 1 aromatic heterocycles. The highest BCUT2D eigenvalue weighted by atomic mass is 127. The van der Waals surface area contributed by atoms with Crippen LogP contribution in [0.2, 0.25) is 0 Å². The summed E-state index contributed by atoms with van der Waals surface area (Å²) in [7, 11) is 0. The third-order valence-electron chi connectivity index (χ3n) is 2.89. The molecule has 5 heteroatoms. The maximum Gasteiger partial charge on any atom is 0.251 e. The number of amides is 1. The zero-order valence-electron chi connectivity index (χ0n) is 11.3. The summed E-state index contributed by atoms with van der Waals surface area (Å²) in [6, 6.07) is 9.20. The number of hydrogen-bond donors (Lipinski definition) is 2. The topological polar surface area (TPSA) is 49.3 Å². The minimum absolute atomic E-state index is 0.0574. The molecule has 1 unspecified atom stereocenters. The molecule has 1 amide bonds. The number of carbonyl (C=O) groups is 1. The summed E-state index contributed by atoms with van der Waals surface area (Å²) in [5, 5.41) is 12.6. The van der Waals surface area contributed by atoms with Crippen LogP contribution in [0.5, 0.6) is 5.75 Å². The molecule has 106 valence electrons. The highest BCUT2D eigenvalue weighted by Crippen LogP contribution is 2.21. The molecule has 0 saturated heterocycles. The molecule has 1 atom stereocenters. The van der Waals surface area contributed by atoms with Crippen LogP contribution < -0.4 is 5.32 Å². The zero-order chi connectivity index (χ0) is 14.7. The highest BCUT2D eigenvalue weighted by molar-refractivity contribution is 14.1. The smallest absolute Gasteiger partial charge is 0.251 e. The Hall–Kier alpha value is -1.08. The molecule has 3 nitrogen and oxygen atoms in total. The molecular weight excluding hydrogens is 385 g/mol. The lowest BCUT2D eigenvalue weighted by Gasteiger charge is -2.13. The summed E-state index contributed by atoms with van der Waals surface area (Å²) < 4.78 is 0.737. The van der Waals surface area contributed by atoms with Crippen molar-refractivity contribution in [1.29, 1.82) is 0 Å². The summed E-state index contributed by atoms with van der Waals surface area (Å²) in [4.78, 5) is 14.6. The summed E-state index contributed by atoms with van der Waals surface area (Å²) in [5.74, 6) is -0.0164. The fraction of sp³-hybridized carbons (Fsp3) is 0.267. The van der Waals surface area contributed by atoms with Gasteiger partial charge in [-0.25, -0.2) is 0 Å². The molecule has 0 aliphatic heterocycles. The number of thiophene rings is 1. The van der Waals surface area contributed by atoms with Crippen molar-refractivity contribution in [3.05, 3.63) is 49.2 Å². The van der Waals surface area contributed by atoms with E-state index in [2.05, 4.69) is 24.4 Å². The van der Waals surface area contributed by atoms with Crippen molar-refractivity contribution in [1.82, 2.24) is 5.32 Å². The first-order chi connectivity index (χ1) is 9.45. The van der Waals surface area contributed by atoms with Gasteiger partial charge in [0.2, 0.25) is 0 Å². The number of aromatic hydroxyl groups is 1. The van der Waals surface area contributed by atoms with Crippen LogP contribution in [0.25, 0.3) is 0 Å². The standard InChI is InChI=1S/C15H16INO2S/c1-9(7-12-5-3-10(2)20-12)17-15(19)11-4-6-13(16)14(18)8-11/h3-6,8-9,18H,7H2,1-2H3,(H,17,19). The average molecular weight is 401 g/mol. The second kappa shape index (κ2) is 6.58. The summed E-state index contributed by atoms with van der Waals surface area (Å²) in [6.45, 7) is 4.06. The minimum atomic E-state index is -0.155. The number of halogens is 1. The maximum absolute atomic E-state index is 12.1. The van der Waals surface area contributed by atoms with Crippen LogP contribution in [-0.4, -0.2) is 17.1 Å². The number of rotatable bonds is 4. The average Bonchev–Trinajstić information content (AvgIpc) is 2.77. The van der Waals surface area contributed by atoms with Crippen LogP contribution in [0.1, 0.15) is 27.0 Å². The fourth-order valence-electron chi connectivity index (χ4n) is 1.91. The van der Waals surface area contributed by atoms with E-state index in [-0.39, 0.29) is 17.7 Å². The third kappa shape index (κ3) is 3.96. The van der Waals surface area contributed by atoms with Crippen LogP contribution in [0.15, 0.2) is 30.3 Å². The predicted octanol–water partition coefficient (Wildman–Crippen LogP) is 3.73. The van der Waals surface area contributed by atoms with Gasteiger partial charge in [0.05, 0.1) is 3.57 Å². The number of aryl methyl sites for hydroxylation is 1. The Bertz CT molecular complexity index is 624. The van der Waals surface area contributed by atoms with Crippen LogP contribution in [0, 0.1) is 10.5 Å². The number of carbonyl (C=O) groups excluding carboxylic acids is 1. The van der Waals surface area contributed by atoms with E-state index in [1.807, 2.05) is 29.5 Å². The largest absolute Gasteiger partial charge is 0.507 e. The van der Waals surface area contributed by atoms with Gasteiger partial charge in [-0.15, -0.1) is 11.3 Å². The van der Waals surface area contributed by atoms with Gasteiger partial charge in [0.15, 0.2) is 0 Å².